The van der Waals surface area contributed by atoms with Crippen LogP contribution in [0.5, 0.6) is 0 Å². The Kier molecular flexibility index (Phi) is 4.65. The molecule has 0 spiro atoms. The van der Waals surface area contributed by atoms with Gasteiger partial charge in [-0.25, -0.2) is 0 Å². The normalized spacial score (nSPS) is 22.3. The Morgan fingerprint density at radius 2 is 2.10 bits per heavy atom. The summed E-state index contributed by atoms with van der Waals surface area (Å²) in [5.74, 6) is 2.15. The van der Waals surface area contributed by atoms with Gasteiger partial charge in [0.25, 0.3) is 0 Å². The minimum Gasteiger partial charge on any atom is -0.378 e. The minimum atomic E-state index is 0.399. The van der Waals surface area contributed by atoms with E-state index in [1.807, 2.05) is 18.2 Å². The van der Waals surface area contributed by atoms with Crippen molar-refractivity contribution >= 4 is 0 Å². The molecule has 1 fully saturated rings. The van der Waals surface area contributed by atoms with Crippen molar-refractivity contribution in [1.29, 1.82) is 0 Å². The van der Waals surface area contributed by atoms with E-state index in [1.165, 1.54) is 5.56 Å². The summed E-state index contributed by atoms with van der Waals surface area (Å²) in [6.07, 6.45) is 5.28. The first-order valence-corrected chi connectivity index (χ1v) is 7.80. The molecule has 0 saturated carbocycles. The van der Waals surface area contributed by atoms with Crippen LogP contribution in [-0.4, -0.2) is 22.9 Å². The lowest BCUT2D eigenvalue weighted by Crippen LogP contribution is -2.26. The Balaban J connectivity index is 1.57. The molecule has 0 N–H and O–H groups in total. The first kappa shape index (κ1) is 14.3. The van der Waals surface area contributed by atoms with Gasteiger partial charge in [-0.1, -0.05) is 42.4 Å². The molecule has 0 bridgehead atoms. The zero-order valence-electron chi connectivity index (χ0n) is 12.5. The molecule has 2 heterocycles. The lowest BCUT2D eigenvalue weighted by atomic mass is 9.91. The Morgan fingerprint density at radius 1 is 1.24 bits per heavy atom. The Bertz CT molecular complexity index is 553. The molecule has 1 aromatic carbocycles. The SMILES string of the molecule is CCC1CC(Cc2nc(Cc3ccccc3)no2)CCO1. The van der Waals surface area contributed by atoms with Crippen molar-refractivity contribution in [2.75, 3.05) is 6.61 Å². The topological polar surface area (TPSA) is 48.2 Å². The van der Waals surface area contributed by atoms with Crippen molar-refractivity contribution in [2.24, 2.45) is 5.92 Å². The smallest absolute Gasteiger partial charge is 0.226 e. The summed E-state index contributed by atoms with van der Waals surface area (Å²) in [5.41, 5.74) is 1.21. The van der Waals surface area contributed by atoms with Gasteiger partial charge < -0.3 is 9.26 Å². The Morgan fingerprint density at radius 3 is 2.90 bits per heavy atom. The first-order chi connectivity index (χ1) is 10.3. The molecule has 1 saturated heterocycles. The largest absolute Gasteiger partial charge is 0.378 e. The standard InChI is InChI=1S/C17H22N2O2/c1-2-15-10-14(8-9-20-15)12-17-18-16(19-21-17)11-13-6-4-3-5-7-13/h3-7,14-15H,2,8-12H2,1H3. The summed E-state index contributed by atoms with van der Waals surface area (Å²) >= 11 is 0. The molecule has 4 nitrogen and oxygen atoms in total. The van der Waals surface area contributed by atoms with Crippen LogP contribution in [0, 0.1) is 5.92 Å². The molecule has 4 heteroatoms. The van der Waals surface area contributed by atoms with Gasteiger partial charge in [-0.3, -0.25) is 0 Å². The van der Waals surface area contributed by atoms with Gasteiger partial charge in [0.15, 0.2) is 5.82 Å². The van der Waals surface area contributed by atoms with Crippen LogP contribution in [0.2, 0.25) is 0 Å². The second-order valence-corrected chi connectivity index (χ2v) is 5.76. The number of nitrogens with zero attached hydrogens (tertiary/aromatic N) is 2. The predicted molar refractivity (Wildman–Crippen MR) is 80.0 cm³/mol. The van der Waals surface area contributed by atoms with Crippen molar-refractivity contribution in [3.63, 3.8) is 0 Å². The fourth-order valence-electron chi connectivity index (χ4n) is 2.90. The molecule has 112 valence electrons. The van der Waals surface area contributed by atoms with Crippen LogP contribution in [0.3, 0.4) is 0 Å². The number of hydrogen-bond acceptors (Lipinski definition) is 4. The van der Waals surface area contributed by atoms with Gasteiger partial charge in [-0.05, 0) is 30.7 Å². The van der Waals surface area contributed by atoms with Crippen LogP contribution < -0.4 is 0 Å². The zero-order valence-corrected chi connectivity index (χ0v) is 12.5. The van der Waals surface area contributed by atoms with Gasteiger partial charge in [-0.2, -0.15) is 4.98 Å². The van der Waals surface area contributed by atoms with Crippen LogP contribution in [0.1, 0.15) is 43.5 Å². The molecule has 0 radical (unpaired) electrons. The third-order valence-corrected chi connectivity index (χ3v) is 4.11. The average molecular weight is 286 g/mol. The third kappa shape index (κ3) is 3.91. The van der Waals surface area contributed by atoms with Gasteiger partial charge >= 0.3 is 0 Å². The van der Waals surface area contributed by atoms with Crippen molar-refractivity contribution in [3.05, 3.63) is 47.6 Å². The maximum Gasteiger partial charge on any atom is 0.226 e. The number of ether oxygens (including phenoxy) is 1. The van der Waals surface area contributed by atoms with E-state index in [4.69, 9.17) is 9.26 Å². The highest BCUT2D eigenvalue weighted by Gasteiger charge is 2.23. The van der Waals surface area contributed by atoms with E-state index < -0.39 is 0 Å². The molecule has 21 heavy (non-hydrogen) atoms. The highest BCUT2D eigenvalue weighted by molar-refractivity contribution is 5.18. The fraction of sp³-hybridized carbons (Fsp3) is 0.529. The monoisotopic (exact) mass is 286 g/mol. The maximum atomic E-state index is 5.71. The van der Waals surface area contributed by atoms with Crippen LogP contribution in [-0.2, 0) is 17.6 Å². The average Bonchev–Trinajstić information content (AvgIpc) is 2.95. The summed E-state index contributed by atoms with van der Waals surface area (Å²) in [7, 11) is 0. The first-order valence-electron chi connectivity index (χ1n) is 7.80. The van der Waals surface area contributed by atoms with E-state index >= 15 is 0 Å². The van der Waals surface area contributed by atoms with Gasteiger partial charge in [0.05, 0.1) is 6.10 Å². The zero-order chi connectivity index (χ0) is 14.5. The quantitative estimate of drug-likeness (QED) is 0.845. The van der Waals surface area contributed by atoms with Gasteiger partial charge in [0, 0.05) is 19.4 Å². The number of hydrogen-bond donors (Lipinski definition) is 0. The summed E-state index contributed by atoms with van der Waals surface area (Å²) in [5, 5.41) is 4.10. The maximum absolute atomic E-state index is 5.71. The van der Waals surface area contributed by atoms with E-state index in [0.29, 0.717) is 12.0 Å². The summed E-state index contributed by atoms with van der Waals surface area (Å²) < 4.78 is 11.1. The van der Waals surface area contributed by atoms with Crippen LogP contribution in [0.4, 0.5) is 0 Å². The number of benzene rings is 1. The van der Waals surface area contributed by atoms with Crippen molar-refractivity contribution < 1.29 is 9.26 Å². The summed E-state index contributed by atoms with van der Waals surface area (Å²) in [4.78, 5) is 4.53. The minimum absolute atomic E-state index is 0.399. The van der Waals surface area contributed by atoms with E-state index in [9.17, 15) is 0 Å². The van der Waals surface area contributed by atoms with E-state index in [-0.39, 0.29) is 0 Å². The fourth-order valence-corrected chi connectivity index (χ4v) is 2.90. The second-order valence-electron chi connectivity index (χ2n) is 5.76. The molecule has 1 aliphatic heterocycles. The molecule has 0 aliphatic carbocycles. The molecule has 3 rings (SSSR count). The van der Waals surface area contributed by atoms with Gasteiger partial charge in [-0.15, -0.1) is 0 Å². The lowest BCUT2D eigenvalue weighted by Gasteiger charge is -2.27. The second kappa shape index (κ2) is 6.85. The van der Waals surface area contributed by atoms with Crippen molar-refractivity contribution in [2.45, 2.75) is 45.1 Å². The number of rotatable bonds is 5. The Labute approximate surface area is 125 Å². The van der Waals surface area contributed by atoms with E-state index in [1.54, 1.807) is 0 Å². The third-order valence-electron chi connectivity index (χ3n) is 4.11. The summed E-state index contributed by atoms with van der Waals surface area (Å²) in [6.45, 7) is 3.03. The lowest BCUT2D eigenvalue weighted by molar-refractivity contribution is -0.0115. The van der Waals surface area contributed by atoms with Crippen LogP contribution in [0.25, 0.3) is 0 Å². The molecule has 2 unspecified atom stereocenters. The molecule has 2 atom stereocenters. The Hall–Kier alpha value is -1.68. The molecule has 1 aliphatic rings. The molecule has 1 aromatic heterocycles. The highest BCUT2D eigenvalue weighted by Crippen LogP contribution is 2.25. The van der Waals surface area contributed by atoms with Gasteiger partial charge in [0.2, 0.25) is 5.89 Å². The molecule has 2 aromatic rings. The van der Waals surface area contributed by atoms with Gasteiger partial charge in [0.1, 0.15) is 0 Å². The molecule has 0 amide bonds. The van der Waals surface area contributed by atoms with Crippen molar-refractivity contribution in [3.8, 4) is 0 Å². The van der Waals surface area contributed by atoms with Crippen molar-refractivity contribution in [1.82, 2.24) is 10.1 Å². The summed E-state index contributed by atoms with van der Waals surface area (Å²) in [6, 6.07) is 10.2. The molecular formula is C17H22N2O2. The predicted octanol–water partition coefficient (Wildman–Crippen LogP) is 3.41. The highest BCUT2D eigenvalue weighted by atomic mass is 16.5. The van der Waals surface area contributed by atoms with E-state index in [2.05, 4.69) is 29.2 Å². The van der Waals surface area contributed by atoms with Crippen LogP contribution >= 0.6 is 0 Å². The van der Waals surface area contributed by atoms with Crippen LogP contribution in [0.15, 0.2) is 34.9 Å². The number of aromatic nitrogens is 2. The van der Waals surface area contributed by atoms with E-state index in [0.717, 1.165) is 50.4 Å². The molecular weight excluding hydrogens is 264 g/mol.